The van der Waals surface area contributed by atoms with Crippen molar-refractivity contribution in [3.8, 4) is 0 Å². The first-order valence-electron chi connectivity index (χ1n) is 3.10. The van der Waals surface area contributed by atoms with Crippen LogP contribution < -0.4 is 5.73 Å². The monoisotopic (exact) mass is 140 g/mol. The van der Waals surface area contributed by atoms with Gasteiger partial charge >= 0.3 is 0 Å². The quantitative estimate of drug-likeness (QED) is 0.583. The fraction of sp³-hybridized carbons (Fsp3) is 0.286. The van der Waals surface area contributed by atoms with E-state index in [-0.39, 0.29) is 5.83 Å². The Bertz CT molecular complexity index is 201. The second kappa shape index (κ2) is 3.27. The standard InChI is InChI=1S/C7H9FN2/c8-7-2-1-6(3-9)4-10-5-7/h2,4-5H,1,3,9H2. The minimum absolute atomic E-state index is 0.292. The molecule has 0 radical (unpaired) electrons. The molecule has 0 spiro atoms. The Hall–Kier alpha value is -0.960. The lowest BCUT2D eigenvalue weighted by Gasteiger charge is -1.93. The summed E-state index contributed by atoms with van der Waals surface area (Å²) < 4.78 is 12.4. The van der Waals surface area contributed by atoms with Crippen LogP contribution in [0.1, 0.15) is 6.42 Å². The highest BCUT2D eigenvalue weighted by atomic mass is 19.1. The number of hydrogen-bond donors (Lipinski definition) is 1. The molecule has 3 heteroatoms. The van der Waals surface area contributed by atoms with E-state index in [0.717, 1.165) is 5.57 Å². The lowest BCUT2D eigenvalue weighted by atomic mass is 10.2. The molecule has 1 rings (SSSR count). The highest BCUT2D eigenvalue weighted by Crippen LogP contribution is 2.07. The van der Waals surface area contributed by atoms with Crippen LogP contribution in [0.25, 0.3) is 0 Å². The van der Waals surface area contributed by atoms with E-state index in [1.807, 2.05) is 0 Å². The molecule has 54 valence electrons. The maximum absolute atomic E-state index is 12.4. The van der Waals surface area contributed by atoms with Crippen molar-refractivity contribution < 1.29 is 4.39 Å². The normalized spacial score (nSPS) is 17.8. The Morgan fingerprint density at radius 1 is 1.70 bits per heavy atom. The zero-order valence-corrected chi connectivity index (χ0v) is 5.55. The Balaban J connectivity index is 2.69. The van der Waals surface area contributed by atoms with Crippen molar-refractivity contribution in [2.45, 2.75) is 6.42 Å². The van der Waals surface area contributed by atoms with Crippen molar-refractivity contribution in [2.75, 3.05) is 6.54 Å². The maximum Gasteiger partial charge on any atom is 0.137 e. The van der Waals surface area contributed by atoms with Crippen LogP contribution in [-0.4, -0.2) is 12.8 Å². The highest BCUT2D eigenvalue weighted by Gasteiger charge is 1.96. The van der Waals surface area contributed by atoms with Crippen molar-refractivity contribution in [1.29, 1.82) is 0 Å². The molecule has 0 amide bonds. The molecule has 1 heterocycles. The van der Waals surface area contributed by atoms with Gasteiger partial charge in [0.15, 0.2) is 0 Å². The van der Waals surface area contributed by atoms with Crippen LogP contribution in [-0.2, 0) is 0 Å². The number of nitrogens with two attached hydrogens (primary N) is 1. The second-order valence-corrected chi connectivity index (χ2v) is 2.06. The van der Waals surface area contributed by atoms with E-state index in [4.69, 9.17) is 5.73 Å². The van der Waals surface area contributed by atoms with E-state index in [1.165, 1.54) is 12.3 Å². The van der Waals surface area contributed by atoms with E-state index in [0.29, 0.717) is 13.0 Å². The molecule has 0 saturated heterocycles. The van der Waals surface area contributed by atoms with Crippen LogP contribution in [0.2, 0.25) is 0 Å². The largest absolute Gasteiger partial charge is 0.327 e. The molecule has 0 aliphatic carbocycles. The second-order valence-electron chi connectivity index (χ2n) is 2.06. The number of rotatable bonds is 1. The zero-order chi connectivity index (χ0) is 7.40. The molecule has 1 aliphatic rings. The summed E-state index contributed by atoms with van der Waals surface area (Å²) in [5.74, 6) is -0.292. The third kappa shape index (κ3) is 1.77. The molecule has 2 nitrogen and oxygen atoms in total. The molecule has 0 aromatic rings. The molecule has 0 atom stereocenters. The van der Waals surface area contributed by atoms with Crippen LogP contribution >= 0.6 is 0 Å². The Labute approximate surface area is 58.9 Å². The van der Waals surface area contributed by atoms with E-state index in [9.17, 15) is 4.39 Å². The van der Waals surface area contributed by atoms with Gasteiger partial charge in [0.2, 0.25) is 0 Å². The van der Waals surface area contributed by atoms with Crippen molar-refractivity contribution in [2.24, 2.45) is 10.7 Å². The Morgan fingerprint density at radius 3 is 3.20 bits per heavy atom. The number of halogens is 1. The minimum atomic E-state index is -0.292. The lowest BCUT2D eigenvalue weighted by Crippen LogP contribution is -2.01. The van der Waals surface area contributed by atoms with Gasteiger partial charge < -0.3 is 5.73 Å². The predicted molar refractivity (Wildman–Crippen MR) is 39.4 cm³/mol. The molecule has 10 heavy (non-hydrogen) atoms. The van der Waals surface area contributed by atoms with Crippen LogP contribution in [0.15, 0.2) is 28.7 Å². The van der Waals surface area contributed by atoms with Gasteiger partial charge in [0.1, 0.15) is 5.83 Å². The zero-order valence-electron chi connectivity index (χ0n) is 5.55. The van der Waals surface area contributed by atoms with Gasteiger partial charge in [0.05, 0.1) is 6.21 Å². The van der Waals surface area contributed by atoms with Gasteiger partial charge in [-0.05, 0) is 18.1 Å². The van der Waals surface area contributed by atoms with Crippen LogP contribution in [0.3, 0.4) is 0 Å². The maximum atomic E-state index is 12.4. The topological polar surface area (TPSA) is 38.4 Å². The van der Waals surface area contributed by atoms with Gasteiger partial charge in [-0.2, -0.15) is 0 Å². The smallest absolute Gasteiger partial charge is 0.137 e. The predicted octanol–water partition coefficient (Wildman–Crippen LogP) is 1.16. The molecular formula is C7H9FN2. The van der Waals surface area contributed by atoms with Crippen LogP contribution in [0, 0.1) is 0 Å². The minimum Gasteiger partial charge on any atom is -0.327 e. The first-order chi connectivity index (χ1) is 4.83. The molecular weight excluding hydrogens is 131 g/mol. The Kier molecular flexibility index (Phi) is 2.34. The fourth-order valence-corrected chi connectivity index (χ4v) is 0.684. The summed E-state index contributed by atoms with van der Waals surface area (Å²) in [6, 6.07) is 0. The third-order valence-corrected chi connectivity index (χ3v) is 1.28. The van der Waals surface area contributed by atoms with Gasteiger partial charge in [-0.3, -0.25) is 4.99 Å². The van der Waals surface area contributed by atoms with Gasteiger partial charge in [0.25, 0.3) is 0 Å². The SMILES string of the molecule is NCC1=CN=CC(F)=CC1. The number of hydrogen-bond acceptors (Lipinski definition) is 2. The molecule has 0 bridgehead atoms. The van der Waals surface area contributed by atoms with Gasteiger partial charge in [-0.15, -0.1) is 0 Å². The van der Waals surface area contributed by atoms with E-state index >= 15 is 0 Å². The first kappa shape index (κ1) is 7.15. The van der Waals surface area contributed by atoms with Crippen molar-refractivity contribution in [3.63, 3.8) is 0 Å². The van der Waals surface area contributed by atoms with Gasteiger partial charge in [0, 0.05) is 12.7 Å². The fourth-order valence-electron chi connectivity index (χ4n) is 0.684. The molecule has 0 unspecified atom stereocenters. The summed E-state index contributed by atoms with van der Waals surface area (Å²) >= 11 is 0. The first-order valence-corrected chi connectivity index (χ1v) is 3.10. The number of aliphatic imine (C=N–C) groups is 1. The highest BCUT2D eigenvalue weighted by molar-refractivity contribution is 5.76. The molecule has 0 fully saturated rings. The van der Waals surface area contributed by atoms with E-state index in [1.54, 1.807) is 6.20 Å². The average molecular weight is 140 g/mol. The van der Waals surface area contributed by atoms with Gasteiger partial charge in [-0.1, -0.05) is 0 Å². The summed E-state index contributed by atoms with van der Waals surface area (Å²) in [4.78, 5) is 3.69. The summed E-state index contributed by atoms with van der Waals surface area (Å²) in [5, 5.41) is 0. The van der Waals surface area contributed by atoms with Crippen molar-refractivity contribution >= 4 is 6.21 Å². The molecule has 0 saturated carbocycles. The van der Waals surface area contributed by atoms with Crippen LogP contribution in [0.4, 0.5) is 4.39 Å². The lowest BCUT2D eigenvalue weighted by molar-refractivity contribution is 0.682. The van der Waals surface area contributed by atoms with E-state index < -0.39 is 0 Å². The van der Waals surface area contributed by atoms with E-state index in [2.05, 4.69) is 4.99 Å². The third-order valence-electron chi connectivity index (χ3n) is 1.28. The van der Waals surface area contributed by atoms with Gasteiger partial charge in [-0.25, -0.2) is 4.39 Å². The summed E-state index contributed by atoms with van der Waals surface area (Å²) in [7, 11) is 0. The number of nitrogens with zero attached hydrogens (tertiary/aromatic N) is 1. The molecule has 1 aliphatic heterocycles. The Morgan fingerprint density at radius 2 is 2.50 bits per heavy atom. The number of allylic oxidation sites excluding steroid dienone is 2. The molecule has 0 aromatic heterocycles. The molecule has 0 aromatic carbocycles. The van der Waals surface area contributed by atoms with Crippen molar-refractivity contribution in [3.05, 3.63) is 23.7 Å². The summed E-state index contributed by atoms with van der Waals surface area (Å²) in [5.41, 5.74) is 6.27. The van der Waals surface area contributed by atoms with Crippen LogP contribution in [0.5, 0.6) is 0 Å². The molecule has 2 N–H and O–H groups in total. The average Bonchev–Trinajstić information content (AvgIpc) is 2.14. The summed E-state index contributed by atoms with van der Waals surface area (Å²) in [6.07, 6.45) is 4.82. The van der Waals surface area contributed by atoms with Crippen molar-refractivity contribution in [1.82, 2.24) is 0 Å². The summed E-state index contributed by atoms with van der Waals surface area (Å²) in [6.45, 7) is 0.446.